The second kappa shape index (κ2) is 30.7. The molecule has 0 unspecified atom stereocenters. The van der Waals surface area contributed by atoms with E-state index >= 15 is 0 Å². The van der Waals surface area contributed by atoms with E-state index in [2.05, 4.69) is 429 Å². The van der Waals surface area contributed by atoms with Crippen LogP contribution in [0.4, 0.5) is 0 Å². The quantitative estimate of drug-likeness (QED) is 0.135. The van der Waals surface area contributed by atoms with E-state index < -0.39 is 0 Å². The maximum atomic E-state index is 6.56. The zero-order valence-electron chi connectivity index (χ0n) is 71.0. The fourth-order valence-electron chi connectivity index (χ4n) is 21.2. The zero-order chi connectivity index (χ0) is 86.1. The van der Waals surface area contributed by atoms with Crippen molar-refractivity contribution in [3.05, 3.63) is 467 Å². The van der Waals surface area contributed by atoms with Crippen molar-refractivity contribution in [2.24, 2.45) is 0 Å². The Hall–Kier alpha value is -17.4. The molecule has 5 nitrogen and oxygen atoms in total. The fourth-order valence-corrected chi connectivity index (χ4v) is 21.2. The highest BCUT2D eigenvalue weighted by Crippen LogP contribution is 2.52. The Morgan fingerprint density at radius 2 is 0.450 bits per heavy atom. The summed E-state index contributed by atoms with van der Waals surface area (Å²) < 4.78 is 28.2. The van der Waals surface area contributed by atoms with Gasteiger partial charge in [0.25, 0.3) is 0 Å². The third-order valence-corrected chi connectivity index (χ3v) is 26.9. The first-order chi connectivity index (χ1) is 65.0. The molecule has 0 aliphatic carbocycles. The fraction of sp³-hybridized carbons (Fsp3) is 0. The number of hydrogen-bond acceptors (Lipinski definition) is 4. The van der Waals surface area contributed by atoms with Gasteiger partial charge in [-0.25, -0.2) is 0 Å². The summed E-state index contributed by atoms with van der Waals surface area (Å²) in [7, 11) is 0. The number of hydrogen-bond donors (Lipinski definition) is 0. The summed E-state index contributed by atoms with van der Waals surface area (Å²) in [5, 5.41) is 27.6. The number of rotatable bonds is 9. The lowest BCUT2D eigenvalue weighted by molar-refractivity contribution is 0.633. The lowest BCUT2D eigenvalue weighted by Crippen LogP contribution is -1.94. The molecule has 0 bridgehead atoms. The van der Waals surface area contributed by atoms with E-state index in [-0.39, 0.29) is 0 Å². The predicted molar refractivity (Wildman–Crippen MR) is 551 cm³/mol. The van der Waals surface area contributed by atoms with E-state index in [0.717, 1.165) is 122 Å². The second-order valence-corrected chi connectivity index (χ2v) is 34.2. The Kier molecular flexibility index (Phi) is 17.6. The van der Waals surface area contributed by atoms with Gasteiger partial charge in [0.1, 0.15) is 44.8 Å². The van der Waals surface area contributed by atoms with Gasteiger partial charge in [-0.15, -0.1) is 0 Å². The van der Waals surface area contributed by atoms with Crippen LogP contribution in [-0.2, 0) is 0 Å². The van der Waals surface area contributed by atoms with E-state index in [1.807, 2.05) is 42.5 Å². The molecule has 28 aromatic rings. The molecule has 5 aromatic heterocycles. The summed E-state index contributed by atoms with van der Waals surface area (Å²) in [4.78, 5) is 0. The smallest absolute Gasteiger partial charge is 0.143 e. The standard InChI is InChI=1S/C44H27NO.C44H26O2.C38H24O/c1-3-17-35-33(15-1)42(28-24-26-29(27-25-28)45-39-21-8-5-12-30(39)31-13-6-9-22-40(31)45)34-16-2-4-18-36(34)43(35)38-20-11-19-37-32-14-7-10-23-41(32)46-44(37)38;1-7-18-39-30(10-1)26-41(45-39)43-36-14-4-2-12-34(36)42(35-13-3-5-15-37(35)43)31-23-21-27-24-29(22-20-28(27)25-31)32-16-9-17-38-33-11-6-8-19-40(33)46-44(32)38;1-3-12-25(13-4-1)36-30-17-7-8-18-31(30)37(26-14-5-2-6-15-26)34-24-27(22-23-32(34)36)28-19-11-20-33-29-16-9-10-21-35(29)39-38(28)33/h1-27H;1-26H;1-24H. The van der Waals surface area contributed by atoms with Gasteiger partial charge in [0.05, 0.1) is 11.0 Å². The number of fused-ring (bicyclic) bond motifs is 20. The Labute approximate surface area is 753 Å². The highest BCUT2D eigenvalue weighted by atomic mass is 16.3. The van der Waals surface area contributed by atoms with Crippen LogP contribution in [0.25, 0.3) is 269 Å². The van der Waals surface area contributed by atoms with E-state index in [1.54, 1.807) is 0 Å². The van der Waals surface area contributed by atoms with Crippen LogP contribution in [-0.4, -0.2) is 4.57 Å². The third-order valence-electron chi connectivity index (χ3n) is 26.9. The molecule has 0 N–H and O–H groups in total. The molecule has 0 aliphatic heterocycles. The van der Waals surface area contributed by atoms with Gasteiger partial charge in [0.15, 0.2) is 0 Å². The number of benzene rings is 23. The molecule has 610 valence electrons. The van der Waals surface area contributed by atoms with Crippen LogP contribution in [0, 0.1) is 0 Å². The van der Waals surface area contributed by atoms with Gasteiger partial charge >= 0.3 is 0 Å². The number of nitrogens with zero attached hydrogens (tertiary/aromatic N) is 1. The number of para-hydroxylation sites is 9. The summed E-state index contributed by atoms with van der Waals surface area (Å²) in [5.74, 6) is 0.894. The molecule has 28 rings (SSSR count). The van der Waals surface area contributed by atoms with E-state index in [1.165, 1.54) is 147 Å². The SMILES string of the molecule is c1ccc(-c2c3ccccc3c(-c3ccccc3)c3cc(-c4cccc5c4oc4ccccc45)ccc23)cc1.c1ccc2c(c1)oc1c(-c3c4ccccc4c(-c4ccc(-n5c6ccccc6c6ccccc65)cc4)c4ccccc34)cccc12.c1ccc2oc(-c3c4ccccc4c(-c4ccc5cc(-c6cccc7c6oc6ccccc67)ccc5c4)c4ccccc34)cc2c1. The van der Waals surface area contributed by atoms with Gasteiger partial charge in [-0.3, -0.25) is 0 Å². The summed E-state index contributed by atoms with van der Waals surface area (Å²) in [6.45, 7) is 0. The molecular weight excluding hydrogens is 1590 g/mol. The normalized spacial score (nSPS) is 11.8. The van der Waals surface area contributed by atoms with Gasteiger partial charge < -0.3 is 22.2 Å². The van der Waals surface area contributed by atoms with Gasteiger partial charge in [-0.2, -0.15) is 0 Å². The van der Waals surface area contributed by atoms with Gasteiger partial charge in [0, 0.05) is 82.0 Å². The van der Waals surface area contributed by atoms with Gasteiger partial charge in [0.2, 0.25) is 0 Å². The minimum atomic E-state index is 0.894. The van der Waals surface area contributed by atoms with Crippen molar-refractivity contribution < 1.29 is 17.7 Å². The molecule has 0 fully saturated rings. The molecule has 0 spiro atoms. The van der Waals surface area contributed by atoms with Crippen molar-refractivity contribution in [1.29, 1.82) is 0 Å². The van der Waals surface area contributed by atoms with Crippen LogP contribution in [0.5, 0.6) is 0 Å². The lowest BCUT2D eigenvalue weighted by atomic mass is 9.85. The molecule has 0 atom stereocenters. The van der Waals surface area contributed by atoms with Crippen LogP contribution in [0.2, 0.25) is 0 Å². The second-order valence-electron chi connectivity index (χ2n) is 34.2. The Balaban J connectivity index is 0.000000104. The van der Waals surface area contributed by atoms with Gasteiger partial charge in [-0.05, 0) is 204 Å². The van der Waals surface area contributed by atoms with Crippen molar-refractivity contribution in [3.63, 3.8) is 0 Å². The third kappa shape index (κ3) is 12.3. The van der Waals surface area contributed by atoms with E-state index in [0.29, 0.717) is 0 Å². The van der Waals surface area contributed by atoms with Crippen molar-refractivity contribution in [1.82, 2.24) is 4.57 Å². The van der Waals surface area contributed by atoms with Crippen LogP contribution < -0.4 is 0 Å². The molecule has 0 aliphatic rings. The maximum absolute atomic E-state index is 6.56. The highest BCUT2D eigenvalue weighted by Gasteiger charge is 2.26. The zero-order valence-corrected chi connectivity index (χ0v) is 71.0. The lowest BCUT2D eigenvalue weighted by Gasteiger charge is -2.18. The maximum Gasteiger partial charge on any atom is 0.143 e. The topological polar surface area (TPSA) is 57.5 Å². The van der Waals surface area contributed by atoms with Crippen molar-refractivity contribution >= 4 is 174 Å². The Morgan fingerprint density at radius 1 is 0.145 bits per heavy atom. The molecule has 0 saturated carbocycles. The summed E-state index contributed by atoms with van der Waals surface area (Å²) >= 11 is 0. The monoisotopic (exact) mass is 1670 g/mol. The van der Waals surface area contributed by atoms with Crippen molar-refractivity contribution in [3.8, 4) is 94.9 Å². The predicted octanol–water partition coefficient (Wildman–Crippen LogP) is 36.0. The molecule has 0 radical (unpaired) electrons. The molecule has 0 amide bonds. The van der Waals surface area contributed by atoms with Crippen molar-refractivity contribution in [2.75, 3.05) is 0 Å². The average Bonchev–Trinajstić information content (AvgIpc) is 1.19. The molecular formula is C126H77NO4. The number of aromatic nitrogens is 1. The number of furan rings is 4. The molecule has 0 saturated heterocycles. The molecule has 131 heavy (non-hydrogen) atoms. The van der Waals surface area contributed by atoms with Crippen molar-refractivity contribution in [2.45, 2.75) is 0 Å². The van der Waals surface area contributed by atoms with Gasteiger partial charge in [-0.1, -0.05) is 394 Å². The minimum Gasteiger partial charge on any atom is -0.456 e. The minimum absolute atomic E-state index is 0.894. The van der Waals surface area contributed by atoms with E-state index in [9.17, 15) is 0 Å². The Bertz CT molecular complexity index is 9290. The molecule has 5 heterocycles. The molecule has 23 aromatic carbocycles. The Morgan fingerprint density at radius 3 is 0.908 bits per heavy atom. The average molecular weight is 1670 g/mol. The van der Waals surface area contributed by atoms with Crippen LogP contribution in [0.1, 0.15) is 0 Å². The first-order valence-electron chi connectivity index (χ1n) is 44.8. The highest BCUT2D eigenvalue weighted by molar-refractivity contribution is 6.27. The van der Waals surface area contributed by atoms with Crippen LogP contribution >= 0.6 is 0 Å². The first kappa shape index (κ1) is 75.0. The largest absolute Gasteiger partial charge is 0.456 e. The first-order valence-corrected chi connectivity index (χ1v) is 44.8. The summed E-state index contributed by atoms with van der Waals surface area (Å²) in [6, 6.07) is 167. The summed E-state index contributed by atoms with van der Waals surface area (Å²) in [5.41, 5.74) is 27.9. The van der Waals surface area contributed by atoms with Crippen LogP contribution in [0.3, 0.4) is 0 Å². The van der Waals surface area contributed by atoms with E-state index in [4.69, 9.17) is 17.7 Å². The van der Waals surface area contributed by atoms with Crippen LogP contribution in [0.15, 0.2) is 485 Å². The summed E-state index contributed by atoms with van der Waals surface area (Å²) in [6.07, 6.45) is 0. The molecule has 5 heteroatoms.